The van der Waals surface area contributed by atoms with Crippen LogP contribution in [0, 0.1) is 0 Å². The van der Waals surface area contributed by atoms with E-state index in [0.29, 0.717) is 0 Å². The summed E-state index contributed by atoms with van der Waals surface area (Å²) < 4.78 is 3.82. The van der Waals surface area contributed by atoms with Gasteiger partial charge in [0.1, 0.15) is 6.10 Å². The lowest BCUT2D eigenvalue weighted by Crippen LogP contribution is -2.25. The molecule has 1 N–H and O–H groups in total. The molecule has 11 heavy (non-hydrogen) atoms. The Balaban J connectivity index is 4.05. The maximum atomic E-state index is 10.5. The number of hydrogen-bond acceptors (Lipinski definition) is 3. The molecule has 0 bridgehead atoms. The van der Waals surface area contributed by atoms with Crippen LogP contribution in [0.2, 0.25) is 0 Å². The van der Waals surface area contributed by atoms with Gasteiger partial charge in [-0.2, -0.15) is 9.59 Å². The summed E-state index contributed by atoms with van der Waals surface area (Å²) in [5.74, 6) is 0. The zero-order valence-corrected chi connectivity index (χ0v) is 6.14. The molecule has 0 rings (SSSR count). The van der Waals surface area contributed by atoms with E-state index in [-0.39, 0.29) is 0 Å². The molecule has 6 nitrogen and oxygen atoms in total. The van der Waals surface area contributed by atoms with E-state index in [1.54, 1.807) is 0 Å². The molecule has 0 atom stereocenters. The number of nitrogens with zero attached hydrogens (tertiary/aromatic N) is 2. The molecule has 0 aromatic rings. The normalized spacial score (nSPS) is 9.36. The Morgan fingerprint density at radius 2 is 2.00 bits per heavy atom. The number of imide groups is 1. The van der Waals surface area contributed by atoms with Gasteiger partial charge >= 0.3 is 12.2 Å². The first-order chi connectivity index (χ1) is 4.95. The monoisotopic (exact) mass is 160 g/mol. The van der Waals surface area contributed by atoms with Crippen LogP contribution in [-0.4, -0.2) is 28.1 Å². The highest BCUT2D eigenvalue weighted by atomic mass is 16.6. The molecule has 0 heterocycles. The number of hydrogen-bond donors (Lipinski definition) is 1. The summed E-state index contributed by atoms with van der Waals surface area (Å²) in [6.45, 7) is 3.07. The molecule has 0 aromatic heterocycles. The van der Waals surface area contributed by atoms with E-state index in [1.807, 2.05) is 0 Å². The molecule has 0 radical (unpaired) electrons. The van der Waals surface area contributed by atoms with Gasteiger partial charge in [0, 0.05) is 0 Å². The molecule has 0 saturated heterocycles. The van der Waals surface area contributed by atoms with Crippen molar-refractivity contribution < 1.29 is 24.1 Å². The third-order valence-electron chi connectivity index (χ3n) is 0.691. The summed E-state index contributed by atoms with van der Waals surface area (Å²) >= 11 is 0. The molecule has 0 fully saturated rings. The van der Waals surface area contributed by atoms with Crippen molar-refractivity contribution in [2.24, 2.45) is 0 Å². The van der Waals surface area contributed by atoms with Gasteiger partial charge in [0.05, 0.1) is 0 Å². The molecule has 0 aliphatic carbocycles. The largest absolute Gasteiger partial charge is 0.596 e. The Hall–Kier alpha value is -1.46. The zero-order valence-electron chi connectivity index (χ0n) is 6.14. The Morgan fingerprint density at radius 1 is 1.55 bits per heavy atom. The molecular weight excluding hydrogens is 152 g/mol. The first kappa shape index (κ1) is 9.54. The minimum absolute atomic E-state index is 0.462. The number of amides is 2. The topological polar surface area (TPSA) is 88.9 Å². The molecule has 0 aliphatic heterocycles. The van der Waals surface area contributed by atoms with E-state index in [9.17, 15) is 9.59 Å². The van der Waals surface area contributed by atoms with Crippen molar-refractivity contribution in [1.82, 2.24) is 0 Å². The van der Waals surface area contributed by atoms with Gasteiger partial charge in [-0.15, -0.1) is 4.70 Å². The summed E-state index contributed by atoms with van der Waals surface area (Å²) in [4.78, 5) is 20.4. The highest BCUT2D eigenvalue weighted by Crippen LogP contribution is 1.92. The summed E-state index contributed by atoms with van der Waals surface area (Å²) in [5, 5.41) is 8.04. The van der Waals surface area contributed by atoms with E-state index in [4.69, 9.17) is 10.6 Å². The maximum Gasteiger partial charge on any atom is 0.596 e. The van der Waals surface area contributed by atoms with E-state index >= 15 is 0 Å². The van der Waals surface area contributed by atoms with Crippen molar-refractivity contribution in [2.75, 3.05) is 0 Å². The maximum absolute atomic E-state index is 10.5. The Bertz CT molecular complexity index is 199. The minimum atomic E-state index is -1.77. The van der Waals surface area contributed by atoms with Gasteiger partial charge in [-0.05, 0) is 13.8 Å². The van der Waals surface area contributed by atoms with Crippen molar-refractivity contribution in [1.29, 1.82) is 0 Å². The number of carbonyl (C=O) groups is 2. The molecule has 0 aromatic carbocycles. The van der Waals surface area contributed by atoms with Crippen LogP contribution in [0.25, 0.3) is 5.53 Å². The average molecular weight is 160 g/mol. The lowest BCUT2D eigenvalue weighted by molar-refractivity contribution is -0.388. The van der Waals surface area contributed by atoms with Gasteiger partial charge < -0.3 is 15.4 Å². The number of ether oxygens (including phenoxy) is 1. The molecule has 0 spiro atoms. The van der Waals surface area contributed by atoms with Crippen LogP contribution in [0.15, 0.2) is 0 Å². The third-order valence-corrected chi connectivity index (χ3v) is 0.691. The van der Waals surface area contributed by atoms with Crippen LogP contribution in [0.1, 0.15) is 13.8 Å². The highest BCUT2D eigenvalue weighted by molar-refractivity contribution is 5.71. The van der Waals surface area contributed by atoms with Crippen molar-refractivity contribution >= 4 is 12.2 Å². The van der Waals surface area contributed by atoms with Gasteiger partial charge in [0.25, 0.3) is 0 Å². The van der Waals surface area contributed by atoms with E-state index < -0.39 is 23.0 Å². The number of carboxylic acid groups (broad SMARTS) is 1. The minimum Gasteiger partial charge on any atom is -0.481 e. The highest BCUT2D eigenvalue weighted by Gasteiger charge is 2.22. The standard InChI is InChI=1S/C5H8N2O4/c1-3(2)11-5(10)7(6)4(8)9/h3H,1-2H3,(H,8,9). The molecule has 0 unspecified atom stereocenters. The average Bonchev–Trinajstić information content (AvgIpc) is 1.84. The second-order valence-corrected chi connectivity index (χ2v) is 2.03. The van der Waals surface area contributed by atoms with Crippen LogP contribution in [0.4, 0.5) is 9.59 Å². The molecular formula is C5H8N2O4. The van der Waals surface area contributed by atoms with Crippen LogP contribution in [0.3, 0.4) is 0 Å². The van der Waals surface area contributed by atoms with Crippen LogP contribution in [0.5, 0.6) is 0 Å². The van der Waals surface area contributed by atoms with Gasteiger partial charge in [-0.1, -0.05) is 0 Å². The van der Waals surface area contributed by atoms with E-state index in [2.05, 4.69) is 4.74 Å². The van der Waals surface area contributed by atoms with Crippen molar-refractivity contribution in [3.05, 3.63) is 5.53 Å². The predicted molar refractivity (Wildman–Crippen MR) is 33.3 cm³/mol. The summed E-state index contributed by atoms with van der Waals surface area (Å²) in [5.41, 5.74) is 8.40. The second kappa shape index (κ2) is 3.65. The van der Waals surface area contributed by atoms with E-state index in [0.717, 1.165) is 0 Å². The fourth-order valence-electron chi connectivity index (χ4n) is 0.330. The van der Waals surface area contributed by atoms with Crippen LogP contribution in [-0.2, 0) is 4.74 Å². The van der Waals surface area contributed by atoms with Gasteiger partial charge in [-0.25, -0.2) is 0 Å². The fraction of sp³-hybridized carbons (Fsp3) is 0.600. The predicted octanol–water partition coefficient (Wildman–Crippen LogP) is 1.24. The van der Waals surface area contributed by atoms with Crippen LogP contribution < -0.4 is 0 Å². The summed E-state index contributed by atoms with van der Waals surface area (Å²) in [7, 11) is 0. The molecule has 6 heteroatoms. The number of rotatable bonds is 1. The van der Waals surface area contributed by atoms with Crippen molar-refractivity contribution in [3.8, 4) is 0 Å². The quantitative estimate of drug-likeness (QED) is 0.461. The van der Waals surface area contributed by atoms with Crippen molar-refractivity contribution in [2.45, 2.75) is 20.0 Å². The Morgan fingerprint density at radius 3 is 2.27 bits per heavy atom. The van der Waals surface area contributed by atoms with Gasteiger partial charge in [0.15, 0.2) is 0 Å². The second-order valence-electron chi connectivity index (χ2n) is 2.03. The van der Waals surface area contributed by atoms with Gasteiger partial charge in [0.2, 0.25) is 0 Å². The van der Waals surface area contributed by atoms with Crippen molar-refractivity contribution in [3.63, 3.8) is 0 Å². The Kier molecular flexibility index (Phi) is 3.16. The summed E-state index contributed by atoms with van der Waals surface area (Å²) in [6.07, 6.45) is -3.53. The van der Waals surface area contributed by atoms with E-state index in [1.165, 1.54) is 13.8 Å². The lowest BCUT2D eigenvalue weighted by Gasteiger charge is -2.02. The smallest absolute Gasteiger partial charge is 0.481 e. The fourth-order valence-corrected chi connectivity index (χ4v) is 0.330. The molecule has 0 saturated carbocycles. The van der Waals surface area contributed by atoms with Crippen LogP contribution >= 0.6 is 0 Å². The summed E-state index contributed by atoms with van der Waals surface area (Å²) in [6, 6.07) is 0. The Labute approximate surface area is 62.9 Å². The number of carbonyl (C=O) groups excluding carboxylic acids is 1. The SMILES string of the molecule is CC(C)OC(=O)[N+](=[N-])C(=O)O. The molecule has 62 valence electrons. The molecule has 2 amide bonds. The third kappa shape index (κ3) is 3.29. The first-order valence-corrected chi connectivity index (χ1v) is 2.87. The molecule has 0 aliphatic rings. The first-order valence-electron chi connectivity index (χ1n) is 2.87. The van der Waals surface area contributed by atoms with Gasteiger partial charge in [-0.3, -0.25) is 0 Å². The zero-order chi connectivity index (χ0) is 9.02. The lowest BCUT2D eigenvalue weighted by atomic mass is 10.5.